The van der Waals surface area contributed by atoms with Crippen LogP contribution >= 0.6 is 17.0 Å². The van der Waals surface area contributed by atoms with Crippen LogP contribution in [0.25, 0.3) is 0 Å². The first-order valence-electron chi connectivity index (χ1n) is 15.5. The molecule has 46 heavy (non-hydrogen) atoms. The van der Waals surface area contributed by atoms with Crippen molar-refractivity contribution in [2.45, 2.75) is 53.6 Å². The van der Waals surface area contributed by atoms with E-state index in [0.29, 0.717) is 17.2 Å². The summed E-state index contributed by atoms with van der Waals surface area (Å²) in [5.74, 6) is 2.97. The quantitative estimate of drug-likeness (QED) is 0.112. The summed E-state index contributed by atoms with van der Waals surface area (Å²) in [6, 6.07) is 40.3. The second-order valence-electron chi connectivity index (χ2n) is 11.7. The molecule has 0 saturated heterocycles. The average Bonchev–Trinajstić information content (AvgIpc) is 3.04. The van der Waals surface area contributed by atoms with E-state index in [1.165, 1.54) is 11.1 Å². The van der Waals surface area contributed by atoms with Gasteiger partial charge in [0, 0.05) is 11.7 Å². The van der Waals surface area contributed by atoms with Gasteiger partial charge in [0.05, 0.1) is 0 Å². The minimum Gasteiger partial charge on any atom is -0.438 e. The second kappa shape index (κ2) is 15.6. The Morgan fingerprint density at radius 1 is 0.478 bits per heavy atom. The molecule has 0 heterocycles. The lowest BCUT2D eigenvalue weighted by atomic mass is 9.98. The topological polar surface area (TPSA) is 46.2 Å². The Morgan fingerprint density at radius 3 is 1.41 bits per heavy atom. The average molecular weight is 653 g/mol. The molecule has 0 spiro atoms. The number of hydrogen-bond acceptors (Lipinski definition) is 5. The van der Waals surface area contributed by atoms with Crippen molar-refractivity contribution in [3.8, 4) is 23.0 Å². The van der Waals surface area contributed by atoms with Gasteiger partial charge >= 0.3 is 8.60 Å². The Labute approximate surface area is 276 Å². The normalized spacial score (nSPS) is 12.1. The summed E-state index contributed by atoms with van der Waals surface area (Å²) in [5.41, 5.74) is 5.66. The summed E-state index contributed by atoms with van der Waals surface area (Å²) in [5, 5.41) is 0. The van der Waals surface area contributed by atoms with Gasteiger partial charge in [0.25, 0.3) is 8.38 Å². The van der Waals surface area contributed by atoms with Gasteiger partial charge < -0.3 is 18.1 Å². The Morgan fingerprint density at radius 2 is 0.891 bits per heavy atom. The molecule has 1 unspecified atom stereocenters. The van der Waals surface area contributed by atoms with Crippen LogP contribution in [0.5, 0.6) is 23.0 Å². The number of para-hydroxylation sites is 4. The molecule has 238 valence electrons. The number of rotatable bonds is 14. The summed E-state index contributed by atoms with van der Waals surface area (Å²) < 4.78 is 33.0. The maximum Gasteiger partial charge on any atom is 0.463 e. The largest absolute Gasteiger partial charge is 0.463 e. The van der Waals surface area contributed by atoms with E-state index in [1.807, 2.05) is 119 Å². The molecular formula is C39H42O5P2. The molecular weight excluding hydrogens is 610 g/mol. The van der Waals surface area contributed by atoms with Crippen LogP contribution in [0.4, 0.5) is 0 Å². The fraction of sp³-hybridized carbons (Fsp3) is 0.231. The molecule has 0 aliphatic heterocycles. The Kier molecular flexibility index (Phi) is 11.4. The zero-order valence-electron chi connectivity index (χ0n) is 27.4. The van der Waals surface area contributed by atoms with Gasteiger partial charge in [-0.05, 0) is 100 Å². The molecule has 0 N–H and O–H groups in total. The van der Waals surface area contributed by atoms with Crippen molar-refractivity contribution in [2.24, 2.45) is 0 Å². The fourth-order valence-electron chi connectivity index (χ4n) is 4.90. The Bertz CT molecular complexity index is 1690. The van der Waals surface area contributed by atoms with Gasteiger partial charge in [0.1, 0.15) is 28.6 Å². The molecule has 5 nitrogen and oxygen atoms in total. The first-order chi connectivity index (χ1) is 22.2. The molecule has 5 aromatic carbocycles. The van der Waals surface area contributed by atoms with Crippen molar-refractivity contribution in [3.05, 3.63) is 155 Å². The lowest BCUT2D eigenvalue weighted by Gasteiger charge is -2.31. The van der Waals surface area contributed by atoms with Crippen LogP contribution in [-0.2, 0) is 16.5 Å². The molecule has 0 amide bonds. The van der Waals surface area contributed by atoms with Crippen LogP contribution in [0.1, 0.15) is 47.2 Å². The maximum atomic E-state index is 6.80. The second-order valence-corrected chi connectivity index (χ2v) is 14.2. The lowest BCUT2D eigenvalue weighted by Crippen LogP contribution is -2.22. The third-order valence-electron chi connectivity index (χ3n) is 7.69. The molecule has 5 aromatic rings. The monoisotopic (exact) mass is 652 g/mol. The van der Waals surface area contributed by atoms with E-state index in [-0.39, 0.29) is 0 Å². The summed E-state index contributed by atoms with van der Waals surface area (Å²) in [6.07, 6.45) is 1.57. The van der Waals surface area contributed by atoms with E-state index in [1.54, 1.807) is 0 Å². The van der Waals surface area contributed by atoms with Crippen LogP contribution in [0.2, 0.25) is 0 Å². The van der Waals surface area contributed by atoms with Gasteiger partial charge in [-0.15, -0.1) is 0 Å². The predicted molar refractivity (Wildman–Crippen MR) is 190 cm³/mol. The maximum absolute atomic E-state index is 6.80. The lowest BCUT2D eigenvalue weighted by molar-refractivity contribution is 0.0925. The summed E-state index contributed by atoms with van der Waals surface area (Å²) in [6.45, 7) is 12.3. The molecule has 1 atom stereocenters. The van der Waals surface area contributed by atoms with Crippen molar-refractivity contribution >= 4 is 17.0 Å². The van der Waals surface area contributed by atoms with Crippen LogP contribution in [-0.4, -0.2) is 6.16 Å². The predicted octanol–water partition coefficient (Wildman–Crippen LogP) is 11.6. The minimum absolute atomic E-state index is 0.707. The highest BCUT2D eigenvalue weighted by atomic mass is 31.2. The highest BCUT2D eigenvalue weighted by Crippen LogP contribution is 2.51. The standard InChI is InChI=1S/C39H42O5P2/c1-29-17-7-11-21-33(29)27-28-45(40-35-23-13-8-18-30(35)2)41-38-26-16-12-22-34(38)39(5,6)44-46(42-36-24-14-9-19-31(36)3)43-37-25-15-10-20-32(37)4/h7-26H,27-28H2,1-6H3. The van der Waals surface area contributed by atoms with E-state index in [4.69, 9.17) is 22.6 Å². The van der Waals surface area contributed by atoms with Crippen LogP contribution < -0.4 is 18.1 Å². The summed E-state index contributed by atoms with van der Waals surface area (Å²) in [4.78, 5) is 0. The fourth-order valence-corrected chi connectivity index (χ4v) is 7.66. The highest BCUT2D eigenvalue weighted by Gasteiger charge is 2.34. The Hall–Kier alpha value is -3.88. The van der Waals surface area contributed by atoms with E-state index in [0.717, 1.165) is 40.6 Å². The zero-order chi connectivity index (χ0) is 32.5. The van der Waals surface area contributed by atoms with Gasteiger partial charge in [0.2, 0.25) is 0 Å². The van der Waals surface area contributed by atoms with Crippen LogP contribution in [0.3, 0.4) is 0 Å². The molecule has 0 bridgehead atoms. The van der Waals surface area contributed by atoms with Crippen molar-refractivity contribution in [1.29, 1.82) is 0 Å². The molecule has 7 heteroatoms. The molecule has 0 aliphatic carbocycles. The number of benzene rings is 5. The van der Waals surface area contributed by atoms with Gasteiger partial charge in [-0.2, -0.15) is 0 Å². The van der Waals surface area contributed by atoms with Crippen molar-refractivity contribution in [3.63, 3.8) is 0 Å². The van der Waals surface area contributed by atoms with Gasteiger partial charge in [-0.3, -0.25) is 4.52 Å². The third kappa shape index (κ3) is 8.89. The molecule has 0 fully saturated rings. The zero-order valence-corrected chi connectivity index (χ0v) is 29.2. The van der Waals surface area contributed by atoms with Crippen molar-refractivity contribution in [1.82, 2.24) is 0 Å². The van der Waals surface area contributed by atoms with Crippen molar-refractivity contribution in [2.75, 3.05) is 6.16 Å². The van der Waals surface area contributed by atoms with E-state index >= 15 is 0 Å². The summed E-state index contributed by atoms with van der Waals surface area (Å²) in [7, 11) is -3.21. The smallest absolute Gasteiger partial charge is 0.438 e. The van der Waals surface area contributed by atoms with Gasteiger partial charge in [-0.25, -0.2) is 0 Å². The van der Waals surface area contributed by atoms with Crippen LogP contribution in [0.15, 0.2) is 121 Å². The van der Waals surface area contributed by atoms with Gasteiger partial charge in [0.15, 0.2) is 0 Å². The third-order valence-corrected chi connectivity index (χ3v) is 10.4. The van der Waals surface area contributed by atoms with E-state index < -0.39 is 22.6 Å². The first-order valence-corrected chi connectivity index (χ1v) is 17.9. The molecule has 5 rings (SSSR count). The van der Waals surface area contributed by atoms with E-state index in [9.17, 15) is 0 Å². The highest BCUT2D eigenvalue weighted by molar-refractivity contribution is 7.48. The molecule has 0 saturated carbocycles. The minimum atomic E-state index is -1.86. The van der Waals surface area contributed by atoms with Crippen molar-refractivity contribution < 1.29 is 22.6 Å². The Balaban J connectivity index is 1.42. The summed E-state index contributed by atoms with van der Waals surface area (Å²) >= 11 is 0. The van der Waals surface area contributed by atoms with Gasteiger partial charge in [-0.1, -0.05) is 97.1 Å². The SMILES string of the molecule is Cc1ccccc1CCP(Oc1ccccc1C)Oc1ccccc1C(C)(C)OP(Oc1ccccc1C)Oc1ccccc1C. The number of hydrogen-bond donors (Lipinski definition) is 0. The molecule has 0 radical (unpaired) electrons. The first kappa shape index (κ1) is 33.5. The van der Waals surface area contributed by atoms with E-state index in [2.05, 4.69) is 44.2 Å². The van der Waals surface area contributed by atoms with Crippen LogP contribution in [0, 0.1) is 27.7 Å². The molecule has 0 aromatic heterocycles. The number of aryl methyl sites for hydroxylation is 5. The molecule has 0 aliphatic rings.